The molecule has 0 fully saturated rings. The van der Waals surface area contributed by atoms with Crippen LogP contribution in [0.25, 0.3) is 5.52 Å². The number of anilines is 2. The fourth-order valence-electron chi connectivity index (χ4n) is 2.27. The van der Waals surface area contributed by atoms with E-state index in [1.54, 1.807) is 12.4 Å². The average Bonchev–Trinajstić information content (AvgIpc) is 2.95. The normalized spacial score (nSPS) is 10.8. The Kier molecular flexibility index (Phi) is 3.25. The molecule has 0 atom stereocenters. The van der Waals surface area contributed by atoms with Crippen LogP contribution in [0, 0.1) is 0 Å². The number of nitrogens with zero attached hydrogens (tertiary/aromatic N) is 4. The standard InChI is InChI=1S/C15H17N5/c1-2-19(11-12-3-5-13(16)6-4-12)15-14-7-8-18-20(14)10-9-17-15/h3-10H,2,11,16H2,1H3. The van der Waals surface area contributed by atoms with E-state index in [0.717, 1.165) is 30.1 Å². The molecule has 20 heavy (non-hydrogen) atoms. The van der Waals surface area contributed by atoms with Crippen LogP contribution < -0.4 is 10.6 Å². The summed E-state index contributed by atoms with van der Waals surface area (Å²) in [6.45, 7) is 3.80. The van der Waals surface area contributed by atoms with Crippen molar-refractivity contribution in [3.05, 3.63) is 54.5 Å². The van der Waals surface area contributed by atoms with Crippen LogP contribution in [0.2, 0.25) is 0 Å². The molecule has 3 aromatic rings. The van der Waals surface area contributed by atoms with Crippen molar-refractivity contribution < 1.29 is 0 Å². The van der Waals surface area contributed by atoms with Gasteiger partial charge in [-0.05, 0) is 30.7 Å². The Bertz CT molecular complexity index is 702. The zero-order valence-electron chi connectivity index (χ0n) is 11.4. The Morgan fingerprint density at radius 2 is 1.95 bits per heavy atom. The summed E-state index contributed by atoms with van der Waals surface area (Å²) in [4.78, 5) is 6.73. The summed E-state index contributed by atoms with van der Waals surface area (Å²) < 4.78 is 1.84. The third-order valence-electron chi connectivity index (χ3n) is 3.34. The maximum Gasteiger partial charge on any atom is 0.154 e. The van der Waals surface area contributed by atoms with Crippen LogP contribution in [0.5, 0.6) is 0 Å². The topological polar surface area (TPSA) is 59.5 Å². The summed E-state index contributed by atoms with van der Waals surface area (Å²) in [5, 5.41) is 4.25. The first kappa shape index (κ1) is 12.5. The fraction of sp³-hybridized carbons (Fsp3) is 0.200. The SMILES string of the molecule is CCN(Cc1ccc(N)cc1)c1nccn2nccc12. The molecule has 0 aliphatic carbocycles. The van der Waals surface area contributed by atoms with Crippen molar-refractivity contribution in [1.82, 2.24) is 14.6 Å². The van der Waals surface area contributed by atoms with Gasteiger partial charge in [0.1, 0.15) is 5.52 Å². The van der Waals surface area contributed by atoms with E-state index in [-0.39, 0.29) is 0 Å². The van der Waals surface area contributed by atoms with E-state index in [1.165, 1.54) is 5.56 Å². The minimum Gasteiger partial charge on any atom is -0.399 e. The second-order valence-corrected chi connectivity index (χ2v) is 4.67. The molecular formula is C15H17N5. The Morgan fingerprint density at radius 3 is 2.70 bits per heavy atom. The van der Waals surface area contributed by atoms with Crippen molar-refractivity contribution in [3.8, 4) is 0 Å². The number of nitrogen functional groups attached to an aromatic ring is 1. The molecule has 2 N–H and O–H groups in total. The van der Waals surface area contributed by atoms with Gasteiger partial charge in [-0.15, -0.1) is 0 Å². The molecule has 3 rings (SSSR count). The van der Waals surface area contributed by atoms with Crippen molar-refractivity contribution in [2.45, 2.75) is 13.5 Å². The molecule has 0 spiro atoms. The lowest BCUT2D eigenvalue weighted by Gasteiger charge is -2.22. The largest absolute Gasteiger partial charge is 0.399 e. The molecule has 2 aromatic heterocycles. The number of aromatic nitrogens is 3. The van der Waals surface area contributed by atoms with Crippen molar-refractivity contribution in [3.63, 3.8) is 0 Å². The second kappa shape index (κ2) is 5.21. The van der Waals surface area contributed by atoms with E-state index < -0.39 is 0 Å². The number of benzene rings is 1. The van der Waals surface area contributed by atoms with Crippen molar-refractivity contribution in [2.75, 3.05) is 17.2 Å². The molecule has 2 heterocycles. The molecule has 0 bridgehead atoms. The van der Waals surface area contributed by atoms with Gasteiger partial charge >= 0.3 is 0 Å². The van der Waals surface area contributed by atoms with Gasteiger partial charge in [-0.2, -0.15) is 5.10 Å². The highest BCUT2D eigenvalue weighted by Gasteiger charge is 2.11. The summed E-state index contributed by atoms with van der Waals surface area (Å²) in [5.41, 5.74) is 8.74. The number of hydrogen-bond acceptors (Lipinski definition) is 4. The summed E-state index contributed by atoms with van der Waals surface area (Å²) in [6, 6.07) is 9.93. The van der Waals surface area contributed by atoms with Crippen LogP contribution in [0.4, 0.5) is 11.5 Å². The second-order valence-electron chi connectivity index (χ2n) is 4.67. The predicted molar refractivity (Wildman–Crippen MR) is 80.6 cm³/mol. The highest BCUT2D eigenvalue weighted by molar-refractivity contribution is 5.68. The Hall–Kier alpha value is -2.56. The predicted octanol–water partition coefficient (Wildman–Crippen LogP) is 2.34. The van der Waals surface area contributed by atoms with Crippen LogP contribution in [0.15, 0.2) is 48.9 Å². The summed E-state index contributed by atoms with van der Waals surface area (Å²) in [6.07, 6.45) is 5.43. The molecule has 0 aliphatic rings. The first-order valence-electron chi connectivity index (χ1n) is 6.65. The Morgan fingerprint density at radius 1 is 1.15 bits per heavy atom. The molecule has 5 nitrogen and oxygen atoms in total. The van der Waals surface area contributed by atoms with Crippen LogP contribution >= 0.6 is 0 Å². The average molecular weight is 267 g/mol. The summed E-state index contributed by atoms with van der Waals surface area (Å²) >= 11 is 0. The van der Waals surface area contributed by atoms with E-state index in [2.05, 4.69) is 34.0 Å². The quantitative estimate of drug-likeness (QED) is 0.737. The van der Waals surface area contributed by atoms with E-state index in [4.69, 9.17) is 5.73 Å². The number of rotatable bonds is 4. The van der Waals surface area contributed by atoms with Gasteiger partial charge in [0.2, 0.25) is 0 Å². The van der Waals surface area contributed by atoms with Gasteiger partial charge in [-0.1, -0.05) is 12.1 Å². The molecule has 1 aromatic carbocycles. The third-order valence-corrected chi connectivity index (χ3v) is 3.34. The highest BCUT2D eigenvalue weighted by atomic mass is 15.3. The van der Waals surface area contributed by atoms with Gasteiger partial charge in [0.15, 0.2) is 5.82 Å². The lowest BCUT2D eigenvalue weighted by molar-refractivity contribution is 0.808. The molecule has 0 unspecified atom stereocenters. The van der Waals surface area contributed by atoms with Crippen LogP contribution in [-0.2, 0) is 6.54 Å². The van der Waals surface area contributed by atoms with Crippen LogP contribution in [-0.4, -0.2) is 21.1 Å². The number of nitrogens with two attached hydrogens (primary N) is 1. The monoisotopic (exact) mass is 267 g/mol. The van der Waals surface area contributed by atoms with E-state index in [1.807, 2.05) is 28.9 Å². The number of hydrogen-bond donors (Lipinski definition) is 1. The van der Waals surface area contributed by atoms with Gasteiger partial charge in [-0.3, -0.25) is 0 Å². The molecule has 0 radical (unpaired) electrons. The molecule has 0 amide bonds. The van der Waals surface area contributed by atoms with Crippen molar-refractivity contribution >= 4 is 17.0 Å². The minimum atomic E-state index is 0.785. The number of fused-ring (bicyclic) bond motifs is 1. The maximum atomic E-state index is 5.72. The Labute approximate surface area is 117 Å². The zero-order valence-corrected chi connectivity index (χ0v) is 11.4. The first-order valence-corrected chi connectivity index (χ1v) is 6.65. The van der Waals surface area contributed by atoms with Crippen LogP contribution in [0.3, 0.4) is 0 Å². The fourth-order valence-corrected chi connectivity index (χ4v) is 2.27. The Balaban J connectivity index is 1.93. The molecule has 5 heteroatoms. The summed E-state index contributed by atoms with van der Waals surface area (Å²) in [5.74, 6) is 0.948. The van der Waals surface area contributed by atoms with Gasteiger partial charge in [0.25, 0.3) is 0 Å². The molecule has 102 valence electrons. The molecule has 0 saturated heterocycles. The van der Waals surface area contributed by atoms with Gasteiger partial charge in [0, 0.05) is 31.2 Å². The van der Waals surface area contributed by atoms with Gasteiger partial charge in [0.05, 0.1) is 6.20 Å². The molecular weight excluding hydrogens is 250 g/mol. The summed E-state index contributed by atoms with van der Waals surface area (Å²) in [7, 11) is 0. The van der Waals surface area contributed by atoms with E-state index in [9.17, 15) is 0 Å². The first-order chi connectivity index (χ1) is 9.78. The lowest BCUT2D eigenvalue weighted by Crippen LogP contribution is -2.23. The van der Waals surface area contributed by atoms with Crippen molar-refractivity contribution in [1.29, 1.82) is 0 Å². The smallest absolute Gasteiger partial charge is 0.154 e. The third kappa shape index (κ3) is 2.30. The highest BCUT2D eigenvalue weighted by Crippen LogP contribution is 2.20. The lowest BCUT2D eigenvalue weighted by atomic mass is 10.2. The molecule has 0 saturated carbocycles. The van der Waals surface area contributed by atoms with Gasteiger partial charge < -0.3 is 10.6 Å². The van der Waals surface area contributed by atoms with Crippen LogP contribution in [0.1, 0.15) is 12.5 Å². The van der Waals surface area contributed by atoms with E-state index >= 15 is 0 Å². The molecule has 0 aliphatic heterocycles. The maximum absolute atomic E-state index is 5.72. The van der Waals surface area contributed by atoms with E-state index in [0.29, 0.717) is 0 Å². The van der Waals surface area contributed by atoms with Gasteiger partial charge in [-0.25, -0.2) is 9.50 Å². The van der Waals surface area contributed by atoms with Crippen molar-refractivity contribution in [2.24, 2.45) is 0 Å². The zero-order chi connectivity index (χ0) is 13.9. The minimum absolute atomic E-state index is 0.785.